The molecule has 0 saturated carbocycles. The van der Waals surface area contributed by atoms with Gasteiger partial charge in [-0.2, -0.15) is 0 Å². The summed E-state index contributed by atoms with van der Waals surface area (Å²) in [4.78, 5) is -0.119. The molecule has 2 unspecified atom stereocenters. The van der Waals surface area contributed by atoms with E-state index >= 15 is 0 Å². The average molecular weight is 302 g/mol. The van der Waals surface area contributed by atoms with Crippen molar-refractivity contribution in [1.82, 2.24) is 4.72 Å². The molecule has 3 N–H and O–H groups in total. The van der Waals surface area contributed by atoms with E-state index in [4.69, 9.17) is 5.73 Å². The normalized spacial score (nSPS) is 16.4. The zero-order valence-corrected chi connectivity index (χ0v) is 12.5. The van der Waals surface area contributed by atoms with Gasteiger partial charge in [-0.15, -0.1) is 0 Å². The number of hydrogen-bond donors (Lipinski definition) is 2. The van der Waals surface area contributed by atoms with E-state index in [2.05, 4.69) is 16.9 Å². The summed E-state index contributed by atoms with van der Waals surface area (Å²) in [6.07, 6.45) is 1.29. The summed E-state index contributed by atoms with van der Waals surface area (Å²) in [5.74, 6) is -0.264. The Hall–Kier alpha value is -0.250. The van der Waals surface area contributed by atoms with Crippen molar-refractivity contribution in [3.8, 4) is 0 Å². The van der Waals surface area contributed by atoms with Crippen LogP contribution in [0.25, 0.3) is 0 Å². The summed E-state index contributed by atoms with van der Waals surface area (Å²) in [5, 5.41) is -0.973. The molecule has 6 nitrogen and oxygen atoms in total. The SMILES string of the molecule is CCC(C(N)=S)S(=O)(=O)NC(C)CS(C)(=O)=O. The van der Waals surface area contributed by atoms with Gasteiger partial charge in [-0.3, -0.25) is 0 Å². The minimum Gasteiger partial charge on any atom is -0.392 e. The lowest BCUT2D eigenvalue weighted by atomic mass is 10.3. The van der Waals surface area contributed by atoms with E-state index in [1.807, 2.05) is 0 Å². The quantitative estimate of drug-likeness (QED) is 0.608. The van der Waals surface area contributed by atoms with E-state index in [0.29, 0.717) is 0 Å². The van der Waals surface area contributed by atoms with Crippen molar-refractivity contribution in [2.45, 2.75) is 31.6 Å². The van der Waals surface area contributed by atoms with Crippen LogP contribution in [0.1, 0.15) is 20.3 Å². The first kappa shape index (κ1) is 16.8. The lowest BCUT2D eigenvalue weighted by Gasteiger charge is -2.18. The molecule has 0 aromatic heterocycles. The molecule has 102 valence electrons. The number of rotatable bonds is 7. The maximum Gasteiger partial charge on any atom is 0.221 e. The molecule has 0 aliphatic rings. The van der Waals surface area contributed by atoms with Gasteiger partial charge in [0, 0.05) is 12.3 Å². The Bertz CT molecular complexity index is 469. The Kier molecular flexibility index (Phi) is 5.99. The maximum atomic E-state index is 11.8. The van der Waals surface area contributed by atoms with Crippen molar-refractivity contribution in [1.29, 1.82) is 0 Å². The third kappa shape index (κ3) is 6.29. The van der Waals surface area contributed by atoms with Gasteiger partial charge in [-0.25, -0.2) is 21.6 Å². The first-order valence-electron chi connectivity index (χ1n) is 4.97. The molecule has 0 heterocycles. The highest BCUT2D eigenvalue weighted by atomic mass is 32.2. The van der Waals surface area contributed by atoms with Crippen LogP contribution in [0.15, 0.2) is 0 Å². The molecule has 0 aromatic rings. The molecule has 0 aliphatic carbocycles. The Morgan fingerprint density at radius 3 is 2.12 bits per heavy atom. The van der Waals surface area contributed by atoms with Crippen molar-refractivity contribution >= 4 is 37.1 Å². The van der Waals surface area contributed by atoms with Crippen LogP contribution in [0.4, 0.5) is 0 Å². The standard InChI is InChI=1S/C8H18N2O4S3/c1-4-7(8(9)15)17(13,14)10-6(2)5-16(3,11)12/h6-7,10H,4-5H2,1-3H3,(H2,9,15). The lowest BCUT2D eigenvalue weighted by molar-refractivity contribution is 0.558. The number of nitrogens with two attached hydrogens (primary N) is 1. The second kappa shape index (κ2) is 6.07. The van der Waals surface area contributed by atoms with E-state index in [-0.39, 0.29) is 17.2 Å². The highest BCUT2D eigenvalue weighted by molar-refractivity contribution is 7.93. The topological polar surface area (TPSA) is 106 Å². The van der Waals surface area contributed by atoms with Crippen LogP contribution in [0, 0.1) is 0 Å². The second-order valence-electron chi connectivity index (χ2n) is 3.96. The van der Waals surface area contributed by atoms with E-state index in [1.165, 1.54) is 6.92 Å². The molecule has 17 heavy (non-hydrogen) atoms. The smallest absolute Gasteiger partial charge is 0.221 e. The minimum absolute atomic E-state index is 0.119. The Morgan fingerprint density at radius 1 is 1.35 bits per heavy atom. The Labute approximate surface area is 108 Å². The Balaban J connectivity index is 4.82. The molecule has 0 aliphatic heterocycles. The van der Waals surface area contributed by atoms with Crippen LogP contribution in [0.2, 0.25) is 0 Å². The molecule has 0 bridgehead atoms. The van der Waals surface area contributed by atoms with Crippen LogP contribution >= 0.6 is 12.2 Å². The fraction of sp³-hybridized carbons (Fsp3) is 0.875. The van der Waals surface area contributed by atoms with Crippen LogP contribution < -0.4 is 10.5 Å². The molecule has 0 rings (SSSR count). The van der Waals surface area contributed by atoms with Crippen molar-refractivity contribution in [2.75, 3.05) is 12.0 Å². The summed E-state index contributed by atoms with van der Waals surface area (Å²) < 4.78 is 48.0. The monoisotopic (exact) mass is 302 g/mol. The summed E-state index contributed by atoms with van der Waals surface area (Å²) in [7, 11) is -6.96. The van der Waals surface area contributed by atoms with Crippen molar-refractivity contribution in [3.63, 3.8) is 0 Å². The van der Waals surface area contributed by atoms with E-state index in [1.54, 1.807) is 6.92 Å². The molecule has 2 atom stereocenters. The van der Waals surface area contributed by atoms with Gasteiger partial charge in [0.2, 0.25) is 10.0 Å². The molecule has 0 amide bonds. The molecule has 0 radical (unpaired) electrons. The fourth-order valence-corrected chi connectivity index (χ4v) is 4.62. The van der Waals surface area contributed by atoms with Gasteiger partial charge in [0.1, 0.15) is 15.1 Å². The van der Waals surface area contributed by atoms with Crippen LogP contribution in [-0.2, 0) is 19.9 Å². The number of sulfone groups is 1. The summed E-state index contributed by atoms with van der Waals surface area (Å²) in [5.41, 5.74) is 5.33. The predicted octanol–water partition coefficient (Wildman–Crippen LogP) is -0.596. The average Bonchev–Trinajstić information content (AvgIpc) is 1.96. The maximum absolute atomic E-state index is 11.8. The van der Waals surface area contributed by atoms with E-state index in [0.717, 1.165) is 6.26 Å². The third-order valence-corrected chi connectivity index (χ3v) is 5.59. The van der Waals surface area contributed by atoms with Crippen molar-refractivity contribution in [2.24, 2.45) is 5.73 Å². The van der Waals surface area contributed by atoms with Gasteiger partial charge in [0.15, 0.2) is 0 Å². The zero-order valence-electron chi connectivity index (χ0n) is 10.0. The predicted molar refractivity (Wildman–Crippen MR) is 72.1 cm³/mol. The summed E-state index contributed by atoms with van der Waals surface area (Å²) >= 11 is 4.67. The molecule has 0 aromatic carbocycles. The number of hydrogen-bond acceptors (Lipinski definition) is 5. The number of nitrogens with one attached hydrogen (secondary N) is 1. The molecule has 9 heteroatoms. The van der Waals surface area contributed by atoms with E-state index in [9.17, 15) is 16.8 Å². The van der Waals surface area contributed by atoms with Gasteiger partial charge in [0.25, 0.3) is 0 Å². The zero-order chi connectivity index (χ0) is 13.9. The minimum atomic E-state index is -3.72. The summed E-state index contributed by atoms with van der Waals surface area (Å²) in [6.45, 7) is 3.12. The van der Waals surface area contributed by atoms with Crippen LogP contribution in [0.5, 0.6) is 0 Å². The largest absolute Gasteiger partial charge is 0.392 e. The van der Waals surface area contributed by atoms with Crippen molar-refractivity contribution in [3.05, 3.63) is 0 Å². The highest BCUT2D eigenvalue weighted by Gasteiger charge is 2.28. The van der Waals surface area contributed by atoms with E-state index < -0.39 is 31.2 Å². The van der Waals surface area contributed by atoms with Crippen LogP contribution in [-0.4, -0.2) is 45.1 Å². The van der Waals surface area contributed by atoms with Gasteiger partial charge in [-0.05, 0) is 13.3 Å². The first-order valence-corrected chi connectivity index (χ1v) is 8.99. The third-order valence-electron chi connectivity index (χ3n) is 1.98. The van der Waals surface area contributed by atoms with Crippen LogP contribution in [0.3, 0.4) is 0 Å². The number of thiocarbonyl (C=S) groups is 1. The molecule has 0 fully saturated rings. The number of sulfonamides is 1. The highest BCUT2D eigenvalue weighted by Crippen LogP contribution is 2.06. The summed E-state index contributed by atoms with van der Waals surface area (Å²) in [6, 6.07) is -0.710. The first-order chi connectivity index (χ1) is 7.49. The Morgan fingerprint density at radius 2 is 1.82 bits per heavy atom. The van der Waals surface area contributed by atoms with Gasteiger partial charge < -0.3 is 5.73 Å². The van der Waals surface area contributed by atoms with Gasteiger partial charge >= 0.3 is 0 Å². The van der Waals surface area contributed by atoms with Crippen molar-refractivity contribution < 1.29 is 16.8 Å². The molecule has 0 spiro atoms. The fourth-order valence-electron chi connectivity index (χ4n) is 1.42. The molecule has 0 saturated heterocycles. The molecular formula is C8H18N2O4S3. The lowest BCUT2D eigenvalue weighted by Crippen LogP contribution is -2.46. The molecular weight excluding hydrogens is 284 g/mol. The van der Waals surface area contributed by atoms with Gasteiger partial charge in [0.05, 0.1) is 10.7 Å². The second-order valence-corrected chi connectivity index (χ2v) is 8.51. The van der Waals surface area contributed by atoms with Gasteiger partial charge in [-0.1, -0.05) is 19.1 Å².